The van der Waals surface area contributed by atoms with Gasteiger partial charge in [0, 0.05) is 18.8 Å². The van der Waals surface area contributed by atoms with Crippen molar-refractivity contribution in [3.8, 4) is 0 Å². The summed E-state index contributed by atoms with van der Waals surface area (Å²) >= 11 is 3.45. The second-order valence-corrected chi connectivity index (χ2v) is 6.42. The van der Waals surface area contributed by atoms with Crippen molar-refractivity contribution in [1.29, 1.82) is 0 Å². The van der Waals surface area contributed by atoms with E-state index in [0.29, 0.717) is 12.0 Å². The first-order valence-electron chi connectivity index (χ1n) is 6.89. The predicted octanol–water partition coefficient (Wildman–Crippen LogP) is 2.88. The zero-order chi connectivity index (χ0) is 14.7. The molecule has 0 aliphatic rings. The summed E-state index contributed by atoms with van der Waals surface area (Å²) in [4.78, 5) is 6.84. The number of nitrogens with zero attached hydrogens (tertiary/aromatic N) is 4. The number of halogens is 1. The van der Waals surface area contributed by atoms with Gasteiger partial charge in [0.1, 0.15) is 5.82 Å². The topological polar surface area (TPSA) is 45.5 Å². The lowest BCUT2D eigenvalue weighted by Gasteiger charge is -2.28. The Balaban J connectivity index is 1.97. The number of hydrogen-bond acceptors (Lipinski definition) is 4. The maximum atomic E-state index is 4.55. The molecule has 2 aromatic rings. The minimum Gasteiger partial charge on any atom is -0.370 e. The highest BCUT2D eigenvalue weighted by Gasteiger charge is 2.15. The molecule has 0 aliphatic heterocycles. The Morgan fingerprint density at radius 1 is 1.40 bits per heavy atom. The smallest absolute Gasteiger partial charge is 0.171 e. The van der Waals surface area contributed by atoms with Crippen LogP contribution in [0.1, 0.15) is 20.3 Å². The summed E-state index contributed by atoms with van der Waals surface area (Å²) in [6, 6.07) is 2.53. The van der Waals surface area contributed by atoms with Gasteiger partial charge in [-0.05, 0) is 48.4 Å². The average molecular weight is 340 g/mol. The van der Waals surface area contributed by atoms with E-state index in [9.17, 15) is 0 Å². The van der Waals surface area contributed by atoms with Crippen molar-refractivity contribution in [3.63, 3.8) is 0 Å². The van der Waals surface area contributed by atoms with E-state index in [0.717, 1.165) is 28.9 Å². The molecule has 0 fully saturated rings. The third-order valence-corrected chi connectivity index (χ3v) is 4.06. The van der Waals surface area contributed by atoms with Gasteiger partial charge in [-0.15, -0.1) is 0 Å². The molecular formula is C14H22BrN5. The van der Waals surface area contributed by atoms with Crippen molar-refractivity contribution < 1.29 is 0 Å². The third kappa shape index (κ3) is 3.49. The first-order chi connectivity index (χ1) is 9.49. The van der Waals surface area contributed by atoms with Crippen LogP contribution >= 0.6 is 15.9 Å². The standard InChI is InChI=1S/C14H22BrN5/c1-10(2)12(19(3)4)5-7-16-13-6-8-20-14(18-13)11(15)9-17-20/h6,8-10,12H,5,7H2,1-4H3,(H,16,18). The van der Waals surface area contributed by atoms with E-state index in [4.69, 9.17) is 0 Å². The Bertz CT molecular complexity index is 556. The molecule has 5 nitrogen and oxygen atoms in total. The van der Waals surface area contributed by atoms with Gasteiger partial charge in [-0.1, -0.05) is 13.8 Å². The van der Waals surface area contributed by atoms with Gasteiger partial charge in [-0.25, -0.2) is 9.50 Å². The van der Waals surface area contributed by atoms with E-state index in [1.807, 2.05) is 12.3 Å². The molecule has 0 saturated carbocycles. The van der Waals surface area contributed by atoms with E-state index >= 15 is 0 Å². The lowest BCUT2D eigenvalue weighted by atomic mass is 10.00. The number of nitrogens with one attached hydrogen (secondary N) is 1. The van der Waals surface area contributed by atoms with E-state index in [2.05, 4.69) is 64.2 Å². The van der Waals surface area contributed by atoms with Crippen molar-refractivity contribution in [3.05, 3.63) is 22.9 Å². The minimum atomic E-state index is 0.577. The molecular weight excluding hydrogens is 318 g/mol. The van der Waals surface area contributed by atoms with E-state index in [1.165, 1.54) is 0 Å². The summed E-state index contributed by atoms with van der Waals surface area (Å²) in [7, 11) is 4.27. The molecule has 0 radical (unpaired) electrons. The maximum absolute atomic E-state index is 4.55. The third-order valence-electron chi connectivity index (χ3n) is 3.51. The highest BCUT2D eigenvalue weighted by atomic mass is 79.9. The number of anilines is 1. The maximum Gasteiger partial charge on any atom is 0.171 e. The van der Waals surface area contributed by atoms with Crippen molar-refractivity contribution in [2.75, 3.05) is 26.0 Å². The molecule has 110 valence electrons. The molecule has 0 saturated heterocycles. The van der Waals surface area contributed by atoms with E-state index < -0.39 is 0 Å². The zero-order valence-electron chi connectivity index (χ0n) is 12.5. The van der Waals surface area contributed by atoms with Gasteiger partial charge in [-0.3, -0.25) is 0 Å². The number of fused-ring (bicyclic) bond motifs is 1. The number of rotatable bonds is 6. The number of hydrogen-bond donors (Lipinski definition) is 1. The van der Waals surface area contributed by atoms with Gasteiger partial charge in [-0.2, -0.15) is 5.10 Å². The SMILES string of the molecule is CC(C)C(CCNc1ccn2ncc(Br)c2n1)N(C)C. The molecule has 0 spiro atoms. The Kier molecular flexibility index (Phi) is 4.99. The van der Waals surface area contributed by atoms with Gasteiger partial charge in [0.25, 0.3) is 0 Å². The van der Waals surface area contributed by atoms with Crippen molar-refractivity contribution in [2.24, 2.45) is 5.92 Å². The second-order valence-electron chi connectivity index (χ2n) is 5.56. The van der Waals surface area contributed by atoms with Gasteiger partial charge >= 0.3 is 0 Å². The summed E-state index contributed by atoms with van der Waals surface area (Å²) in [6.07, 6.45) is 4.77. The quantitative estimate of drug-likeness (QED) is 0.878. The fraction of sp³-hybridized carbons (Fsp3) is 0.571. The molecule has 0 aliphatic carbocycles. The fourth-order valence-electron chi connectivity index (χ4n) is 2.48. The van der Waals surface area contributed by atoms with Gasteiger partial charge < -0.3 is 10.2 Å². The Labute approximate surface area is 128 Å². The molecule has 2 heterocycles. The monoisotopic (exact) mass is 339 g/mol. The second kappa shape index (κ2) is 6.54. The van der Waals surface area contributed by atoms with Crippen LogP contribution in [0.4, 0.5) is 5.82 Å². The summed E-state index contributed by atoms with van der Waals surface area (Å²) < 4.78 is 2.67. The summed E-state index contributed by atoms with van der Waals surface area (Å²) in [5.74, 6) is 1.53. The largest absolute Gasteiger partial charge is 0.370 e. The number of aromatic nitrogens is 3. The minimum absolute atomic E-state index is 0.577. The van der Waals surface area contributed by atoms with Crippen LogP contribution in [-0.2, 0) is 0 Å². The first kappa shape index (κ1) is 15.3. The molecule has 2 aromatic heterocycles. The Hall–Kier alpha value is -1.14. The normalized spacial score (nSPS) is 13.3. The van der Waals surface area contributed by atoms with Crippen LogP contribution in [-0.4, -0.2) is 46.2 Å². The van der Waals surface area contributed by atoms with Gasteiger partial charge in [0.15, 0.2) is 5.65 Å². The lowest BCUT2D eigenvalue weighted by Crippen LogP contribution is -2.34. The molecule has 0 amide bonds. The fourth-order valence-corrected chi connectivity index (χ4v) is 2.84. The molecule has 0 bridgehead atoms. The van der Waals surface area contributed by atoms with Crippen LogP contribution in [0.15, 0.2) is 22.9 Å². The zero-order valence-corrected chi connectivity index (χ0v) is 14.1. The van der Waals surface area contributed by atoms with Crippen LogP contribution < -0.4 is 5.32 Å². The highest BCUT2D eigenvalue weighted by molar-refractivity contribution is 9.10. The van der Waals surface area contributed by atoms with E-state index in [1.54, 1.807) is 10.7 Å². The molecule has 0 aromatic carbocycles. The van der Waals surface area contributed by atoms with Crippen LogP contribution in [0.5, 0.6) is 0 Å². The molecule has 1 N–H and O–H groups in total. The summed E-state index contributed by atoms with van der Waals surface area (Å²) in [6.45, 7) is 5.44. The first-order valence-corrected chi connectivity index (χ1v) is 7.68. The molecule has 20 heavy (non-hydrogen) atoms. The molecule has 2 rings (SSSR count). The Morgan fingerprint density at radius 3 is 2.80 bits per heavy atom. The summed E-state index contributed by atoms with van der Waals surface area (Å²) in [5.41, 5.74) is 0.836. The van der Waals surface area contributed by atoms with Crippen molar-refractivity contribution in [2.45, 2.75) is 26.3 Å². The highest BCUT2D eigenvalue weighted by Crippen LogP contribution is 2.17. The van der Waals surface area contributed by atoms with Crippen molar-refractivity contribution >= 4 is 27.4 Å². The molecule has 6 heteroatoms. The molecule has 1 atom stereocenters. The van der Waals surface area contributed by atoms with Crippen LogP contribution in [0.3, 0.4) is 0 Å². The van der Waals surface area contributed by atoms with Crippen LogP contribution in [0.2, 0.25) is 0 Å². The predicted molar refractivity (Wildman–Crippen MR) is 86.1 cm³/mol. The van der Waals surface area contributed by atoms with Crippen LogP contribution in [0.25, 0.3) is 5.65 Å². The van der Waals surface area contributed by atoms with Crippen LogP contribution in [0, 0.1) is 5.92 Å². The van der Waals surface area contributed by atoms with E-state index in [-0.39, 0.29) is 0 Å². The molecule has 1 unspecified atom stereocenters. The van der Waals surface area contributed by atoms with Gasteiger partial charge in [0.2, 0.25) is 0 Å². The average Bonchev–Trinajstić information content (AvgIpc) is 2.75. The summed E-state index contributed by atoms with van der Waals surface area (Å²) in [5, 5.41) is 7.58. The Morgan fingerprint density at radius 2 is 2.15 bits per heavy atom. The van der Waals surface area contributed by atoms with Crippen molar-refractivity contribution in [1.82, 2.24) is 19.5 Å². The van der Waals surface area contributed by atoms with Gasteiger partial charge in [0.05, 0.1) is 10.7 Å². The lowest BCUT2D eigenvalue weighted by molar-refractivity contribution is 0.223.